The third-order valence-corrected chi connectivity index (χ3v) is 4.26. The summed E-state index contributed by atoms with van der Waals surface area (Å²) in [4.78, 5) is 14.1. The standard InChI is InChI=1S/C19H17N3O4/c23-22(24)18-11-21-10-17(13-26-19(21)20-18)25-12-14-6-8-16(9-7-14)15-4-2-1-3-5-15/h1-9,11,17H,10,12-13H2/t17-/m0/s1. The van der Waals surface area contributed by atoms with Crippen molar-refractivity contribution in [1.29, 1.82) is 0 Å². The predicted octanol–water partition coefficient (Wildman–Crippen LogP) is 3.44. The van der Waals surface area contributed by atoms with Crippen molar-refractivity contribution in [3.05, 3.63) is 76.5 Å². The Balaban J connectivity index is 1.36. The first-order valence-electron chi connectivity index (χ1n) is 8.29. The molecule has 2 aromatic carbocycles. The molecule has 3 aromatic rings. The van der Waals surface area contributed by atoms with Gasteiger partial charge in [0.1, 0.15) is 18.9 Å². The molecule has 4 rings (SSSR count). The minimum atomic E-state index is -0.529. The number of ether oxygens (including phenoxy) is 2. The number of hydrogen-bond acceptors (Lipinski definition) is 5. The Morgan fingerprint density at radius 2 is 1.88 bits per heavy atom. The summed E-state index contributed by atoms with van der Waals surface area (Å²) in [5.41, 5.74) is 3.40. The number of hydrogen-bond donors (Lipinski definition) is 0. The van der Waals surface area contributed by atoms with Crippen LogP contribution in [0, 0.1) is 10.1 Å². The average molecular weight is 351 g/mol. The Hall–Kier alpha value is -3.19. The van der Waals surface area contributed by atoms with Gasteiger partial charge in [0.05, 0.1) is 13.2 Å². The molecule has 0 fully saturated rings. The van der Waals surface area contributed by atoms with E-state index >= 15 is 0 Å². The van der Waals surface area contributed by atoms with Crippen LogP contribution in [-0.2, 0) is 17.9 Å². The Bertz CT molecular complexity index is 906. The van der Waals surface area contributed by atoms with E-state index in [1.807, 2.05) is 30.3 Å². The topological polar surface area (TPSA) is 79.4 Å². The fourth-order valence-electron chi connectivity index (χ4n) is 2.90. The summed E-state index contributed by atoms with van der Waals surface area (Å²) in [5, 5.41) is 10.8. The molecule has 1 atom stereocenters. The number of nitrogens with zero attached hydrogens (tertiary/aromatic N) is 3. The number of imidazole rings is 1. The summed E-state index contributed by atoms with van der Waals surface area (Å²) in [6.45, 7) is 1.27. The summed E-state index contributed by atoms with van der Waals surface area (Å²) < 4.78 is 13.0. The fraction of sp³-hybridized carbons (Fsp3) is 0.211. The molecule has 0 bridgehead atoms. The summed E-state index contributed by atoms with van der Waals surface area (Å²) >= 11 is 0. The molecule has 0 unspecified atom stereocenters. The predicted molar refractivity (Wildman–Crippen MR) is 94.8 cm³/mol. The maximum absolute atomic E-state index is 10.8. The molecule has 26 heavy (non-hydrogen) atoms. The van der Waals surface area contributed by atoms with Crippen LogP contribution in [0.2, 0.25) is 0 Å². The van der Waals surface area contributed by atoms with Crippen LogP contribution in [-0.4, -0.2) is 27.2 Å². The number of benzene rings is 2. The average Bonchev–Trinajstić information content (AvgIpc) is 3.11. The Labute approximate surface area is 150 Å². The second-order valence-electron chi connectivity index (χ2n) is 6.10. The highest BCUT2D eigenvalue weighted by Crippen LogP contribution is 2.23. The first-order chi connectivity index (χ1) is 12.7. The molecule has 2 heterocycles. The molecule has 0 amide bonds. The quantitative estimate of drug-likeness (QED) is 0.520. The molecule has 0 N–H and O–H groups in total. The lowest BCUT2D eigenvalue weighted by atomic mass is 10.0. The van der Waals surface area contributed by atoms with Crippen molar-refractivity contribution < 1.29 is 14.4 Å². The second kappa shape index (κ2) is 6.97. The van der Waals surface area contributed by atoms with Gasteiger partial charge in [0.25, 0.3) is 0 Å². The van der Waals surface area contributed by atoms with Crippen LogP contribution in [0.1, 0.15) is 5.56 Å². The third-order valence-electron chi connectivity index (χ3n) is 4.26. The van der Waals surface area contributed by atoms with Gasteiger partial charge in [0, 0.05) is 4.98 Å². The minimum absolute atomic E-state index is 0.176. The van der Waals surface area contributed by atoms with E-state index in [1.165, 1.54) is 11.8 Å². The summed E-state index contributed by atoms with van der Waals surface area (Å²) in [7, 11) is 0. The van der Waals surface area contributed by atoms with Crippen molar-refractivity contribution in [2.45, 2.75) is 19.3 Å². The van der Waals surface area contributed by atoms with Crippen molar-refractivity contribution in [2.75, 3.05) is 6.61 Å². The van der Waals surface area contributed by atoms with E-state index in [9.17, 15) is 10.1 Å². The van der Waals surface area contributed by atoms with Gasteiger partial charge in [-0.25, -0.2) is 0 Å². The molecule has 1 aliphatic rings. The van der Waals surface area contributed by atoms with Crippen LogP contribution >= 0.6 is 0 Å². The molecule has 7 heteroatoms. The van der Waals surface area contributed by atoms with E-state index in [4.69, 9.17) is 9.47 Å². The Morgan fingerprint density at radius 3 is 2.62 bits per heavy atom. The minimum Gasteiger partial charge on any atom is -0.443 e. The monoisotopic (exact) mass is 351 g/mol. The summed E-state index contributed by atoms with van der Waals surface area (Å²) in [5.74, 6) is -0.211. The van der Waals surface area contributed by atoms with Crippen molar-refractivity contribution in [3.63, 3.8) is 0 Å². The maximum atomic E-state index is 10.8. The smallest absolute Gasteiger partial charge is 0.414 e. The maximum Gasteiger partial charge on any atom is 0.414 e. The molecule has 1 aromatic heterocycles. The second-order valence-corrected chi connectivity index (χ2v) is 6.10. The molecule has 0 radical (unpaired) electrons. The van der Waals surface area contributed by atoms with Crippen LogP contribution < -0.4 is 4.74 Å². The number of nitro groups is 1. The number of fused-ring (bicyclic) bond motifs is 1. The van der Waals surface area contributed by atoms with E-state index in [2.05, 4.69) is 29.2 Å². The summed E-state index contributed by atoms with van der Waals surface area (Å²) in [6.07, 6.45) is 1.20. The molecule has 0 aliphatic carbocycles. The van der Waals surface area contributed by atoms with Crippen molar-refractivity contribution in [2.24, 2.45) is 0 Å². The molecule has 1 aliphatic heterocycles. The van der Waals surface area contributed by atoms with Crippen LogP contribution in [0.5, 0.6) is 6.01 Å². The highest BCUT2D eigenvalue weighted by Gasteiger charge is 2.28. The zero-order valence-electron chi connectivity index (χ0n) is 13.9. The van der Waals surface area contributed by atoms with Gasteiger partial charge < -0.3 is 19.6 Å². The Kier molecular flexibility index (Phi) is 4.37. The van der Waals surface area contributed by atoms with Crippen molar-refractivity contribution in [1.82, 2.24) is 9.55 Å². The van der Waals surface area contributed by atoms with Gasteiger partial charge in [-0.05, 0) is 21.6 Å². The van der Waals surface area contributed by atoms with Gasteiger partial charge >= 0.3 is 11.8 Å². The Morgan fingerprint density at radius 1 is 1.15 bits per heavy atom. The molecular formula is C19H17N3O4. The van der Waals surface area contributed by atoms with E-state index in [1.54, 1.807) is 4.57 Å². The number of rotatable bonds is 5. The zero-order chi connectivity index (χ0) is 17.9. The highest BCUT2D eigenvalue weighted by atomic mass is 16.6. The first-order valence-corrected chi connectivity index (χ1v) is 8.29. The van der Waals surface area contributed by atoms with Gasteiger partial charge in [0.15, 0.2) is 0 Å². The van der Waals surface area contributed by atoms with E-state index in [0.29, 0.717) is 19.8 Å². The molecule has 0 saturated heterocycles. The number of aromatic nitrogens is 2. The first kappa shape index (κ1) is 16.3. The van der Waals surface area contributed by atoms with Crippen molar-refractivity contribution in [3.8, 4) is 17.1 Å². The molecule has 132 valence electrons. The van der Waals surface area contributed by atoms with Gasteiger partial charge in [-0.3, -0.25) is 4.57 Å². The molecular weight excluding hydrogens is 334 g/mol. The van der Waals surface area contributed by atoms with Gasteiger partial charge in [-0.2, -0.15) is 0 Å². The molecule has 7 nitrogen and oxygen atoms in total. The van der Waals surface area contributed by atoms with Crippen molar-refractivity contribution >= 4 is 5.82 Å². The lowest BCUT2D eigenvalue weighted by molar-refractivity contribution is -0.389. The normalized spacial score (nSPS) is 15.9. The molecule has 0 spiro atoms. The lowest BCUT2D eigenvalue weighted by Gasteiger charge is -2.22. The van der Waals surface area contributed by atoms with Gasteiger partial charge in [0.2, 0.25) is 0 Å². The highest BCUT2D eigenvalue weighted by molar-refractivity contribution is 5.63. The zero-order valence-corrected chi connectivity index (χ0v) is 13.9. The fourth-order valence-corrected chi connectivity index (χ4v) is 2.90. The van der Waals surface area contributed by atoms with E-state index in [0.717, 1.165) is 11.1 Å². The lowest BCUT2D eigenvalue weighted by Crippen LogP contribution is -2.32. The SMILES string of the molecule is O=[N+]([O-])c1cn2c(n1)OC[C@@H](OCc1ccc(-c3ccccc3)cc1)C2. The summed E-state index contributed by atoms with van der Waals surface area (Å²) in [6, 6.07) is 18.7. The van der Waals surface area contributed by atoms with Gasteiger partial charge in [-0.15, -0.1) is 0 Å². The van der Waals surface area contributed by atoms with E-state index in [-0.39, 0.29) is 17.9 Å². The van der Waals surface area contributed by atoms with Crippen LogP contribution in [0.15, 0.2) is 60.8 Å². The van der Waals surface area contributed by atoms with Crippen LogP contribution in [0.3, 0.4) is 0 Å². The van der Waals surface area contributed by atoms with E-state index < -0.39 is 4.92 Å². The van der Waals surface area contributed by atoms with Crippen LogP contribution in [0.25, 0.3) is 11.1 Å². The molecule has 0 saturated carbocycles. The third kappa shape index (κ3) is 3.43. The van der Waals surface area contributed by atoms with Crippen LogP contribution in [0.4, 0.5) is 5.82 Å². The largest absolute Gasteiger partial charge is 0.443 e. The van der Waals surface area contributed by atoms with Gasteiger partial charge in [-0.1, -0.05) is 54.6 Å².